The Kier molecular flexibility index (Phi) is 6.40. The Labute approximate surface area is 112 Å². The van der Waals surface area contributed by atoms with Crippen molar-refractivity contribution < 1.29 is 4.79 Å². The topological polar surface area (TPSA) is 64.9 Å². The largest absolute Gasteiger partial charge is 0.356 e. The minimum Gasteiger partial charge on any atom is -0.356 e. The number of nitriles is 1. The van der Waals surface area contributed by atoms with E-state index in [-0.39, 0.29) is 5.91 Å². The second-order valence-electron chi connectivity index (χ2n) is 4.50. The molecule has 0 saturated carbocycles. The summed E-state index contributed by atoms with van der Waals surface area (Å²) in [4.78, 5) is 13.3. The summed E-state index contributed by atoms with van der Waals surface area (Å²) in [5.74, 6) is 0.567. The SMILES string of the molecule is CC(C)CNC(=O)CCNCc1ccc(C#N)s1. The summed E-state index contributed by atoms with van der Waals surface area (Å²) in [6.07, 6.45) is 0.489. The van der Waals surface area contributed by atoms with E-state index in [0.717, 1.165) is 16.3 Å². The van der Waals surface area contributed by atoms with Gasteiger partial charge in [-0.2, -0.15) is 5.26 Å². The summed E-state index contributed by atoms with van der Waals surface area (Å²) in [6, 6.07) is 5.87. The highest BCUT2D eigenvalue weighted by atomic mass is 32.1. The van der Waals surface area contributed by atoms with Gasteiger partial charge in [0.25, 0.3) is 0 Å². The lowest BCUT2D eigenvalue weighted by atomic mass is 10.2. The zero-order chi connectivity index (χ0) is 13.4. The third-order valence-electron chi connectivity index (χ3n) is 2.31. The number of carbonyl (C=O) groups is 1. The number of amides is 1. The van der Waals surface area contributed by atoms with Crippen LogP contribution in [0.1, 0.15) is 30.0 Å². The molecule has 0 saturated heterocycles. The second-order valence-corrected chi connectivity index (χ2v) is 5.67. The van der Waals surface area contributed by atoms with E-state index in [1.807, 2.05) is 12.1 Å². The first-order chi connectivity index (χ1) is 8.61. The van der Waals surface area contributed by atoms with Gasteiger partial charge in [0.2, 0.25) is 5.91 Å². The molecule has 98 valence electrons. The average molecular weight is 265 g/mol. The van der Waals surface area contributed by atoms with Crippen molar-refractivity contribution in [3.8, 4) is 6.07 Å². The molecule has 1 aromatic rings. The van der Waals surface area contributed by atoms with Gasteiger partial charge in [-0.1, -0.05) is 13.8 Å². The quantitative estimate of drug-likeness (QED) is 0.740. The van der Waals surface area contributed by atoms with Crippen molar-refractivity contribution in [2.75, 3.05) is 13.1 Å². The minimum absolute atomic E-state index is 0.0834. The fourth-order valence-electron chi connectivity index (χ4n) is 1.35. The number of nitrogens with one attached hydrogen (secondary N) is 2. The monoisotopic (exact) mass is 265 g/mol. The van der Waals surface area contributed by atoms with Crippen LogP contribution in [0.5, 0.6) is 0 Å². The molecule has 0 bridgehead atoms. The summed E-state index contributed by atoms with van der Waals surface area (Å²) < 4.78 is 0. The first kappa shape index (κ1) is 14.7. The first-order valence-electron chi connectivity index (χ1n) is 6.08. The van der Waals surface area contributed by atoms with Crippen LogP contribution in [-0.4, -0.2) is 19.0 Å². The summed E-state index contributed by atoms with van der Waals surface area (Å²) in [7, 11) is 0. The van der Waals surface area contributed by atoms with Gasteiger partial charge in [-0.3, -0.25) is 4.79 Å². The molecule has 1 heterocycles. The fourth-order valence-corrected chi connectivity index (χ4v) is 2.13. The number of hydrogen-bond acceptors (Lipinski definition) is 4. The lowest BCUT2D eigenvalue weighted by Gasteiger charge is -2.07. The number of hydrogen-bond donors (Lipinski definition) is 2. The molecule has 4 nitrogen and oxygen atoms in total. The van der Waals surface area contributed by atoms with Crippen LogP contribution in [0.2, 0.25) is 0 Å². The van der Waals surface area contributed by atoms with E-state index in [9.17, 15) is 4.79 Å². The van der Waals surface area contributed by atoms with Crippen LogP contribution in [0.15, 0.2) is 12.1 Å². The summed E-state index contributed by atoms with van der Waals surface area (Å²) in [5, 5.41) is 14.8. The van der Waals surface area contributed by atoms with E-state index in [1.54, 1.807) is 0 Å². The third-order valence-corrected chi connectivity index (χ3v) is 3.30. The minimum atomic E-state index is 0.0834. The zero-order valence-electron chi connectivity index (χ0n) is 10.8. The Bertz CT molecular complexity index is 420. The molecule has 0 unspecified atom stereocenters. The molecule has 1 amide bonds. The van der Waals surface area contributed by atoms with Crippen LogP contribution < -0.4 is 10.6 Å². The van der Waals surface area contributed by atoms with Gasteiger partial charge in [-0.25, -0.2) is 0 Å². The van der Waals surface area contributed by atoms with Gasteiger partial charge < -0.3 is 10.6 Å². The molecule has 0 aliphatic carbocycles. The molecule has 0 aliphatic rings. The van der Waals surface area contributed by atoms with Gasteiger partial charge in [-0.15, -0.1) is 11.3 Å². The van der Waals surface area contributed by atoms with E-state index in [4.69, 9.17) is 5.26 Å². The molecule has 5 heteroatoms. The summed E-state index contributed by atoms with van der Waals surface area (Å²) >= 11 is 1.48. The van der Waals surface area contributed by atoms with Gasteiger partial charge in [-0.05, 0) is 18.1 Å². The van der Waals surface area contributed by atoms with Crippen molar-refractivity contribution >= 4 is 17.2 Å². The number of thiophene rings is 1. The summed E-state index contributed by atoms with van der Waals surface area (Å²) in [6.45, 7) is 6.24. The van der Waals surface area contributed by atoms with E-state index in [0.29, 0.717) is 25.4 Å². The predicted molar refractivity (Wildman–Crippen MR) is 73.2 cm³/mol. The molecule has 1 rings (SSSR count). The molecule has 2 N–H and O–H groups in total. The fraction of sp³-hybridized carbons (Fsp3) is 0.538. The van der Waals surface area contributed by atoms with Gasteiger partial charge in [0.15, 0.2) is 0 Å². The Morgan fingerprint density at radius 2 is 2.28 bits per heavy atom. The molecule has 18 heavy (non-hydrogen) atoms. The Morgan fingerprint density at radius 1 is 1.50 bits per heavy atom. The standard InChI is InChI=1S/C13H19N3OS/c1-10(2)8-16-13(17)5-6-15-9-12-4-3-11(7-14)18-12/h3-4,10,15H,5-6,8-9H2,1-2H3,(H,16,17). The molecule has 0 atom stereocenters. The van der Waals surface area contributed by atoms with Crippen LogP contribution in [0.4, 0.5) is 0 Å². The molecule has 0 spiro atoms. The molecule has 0 aliphatic heterocycles. The van der Waals surface area contributed by atoms with Gasteiger partial charge in [0, 0.05) is 30.9 Å². The normalized spacial score (nSPS) is 10.3. The van der Waals surface area contributed by atoms with Crippen molar-refractivity contribution in [3.05, 3.63) is 21.9 Å². The van der Waals surface area contributed by atoms with Crippen molar-refractivity contribution in [1.82, 2.24) is 10.6 Å². The number of nitrogens with zero attached hydrogens (tertiary/aromatic N) is 1. The van der Waals surface area contributed by atoms with Gasteiger partial charge in [0.1, 0.15) is 10.9 Å². The molecule has 0 fully saturated rings. The van der Waals surface area contributed by atoms with E-state index < -0.39 is 0 Å². The van der Waals surface area contributed by atoms with Crippen LogP contribution in [0.25, 0.3) is 0 Å². The predicted octanol–water partition coefficient (Wildman–Crippen LogP) is 1.87. The maximum atomic E-state index is 11.4. The van der Waals surface area contributed by atoms with E-state index >= 15 is 0 Å². The highest BCUT2D eigenvalue weighted by molar-refractivity contribution is 7.12. The number of carbonyl (C=O) groups excluding carboxylic acids is 1. The van der Waals surface area contributed by atoms with Crippen LogP contribution in [0.3, 0.4) is 0 Å². The van der Waals surface area contributed by atoms with E-state index in [2.05, 4.69) is 30.6 Å². The molecular weight excluding hydrogens is 246 g/mol. The van der Waals surface area contributed by atoms with Crippen molar-refractivity contribution in [2.24, 2.45) is 5.92 Å². The average Bonchev–Trinajstić information content (AvgIpc) is 2.80. The Balaban J connectivity index is 2.11. The molecule has 0 radical (unpaired) electrons. The molecule has 0 aromatic carbocycles. The lowest BCUT2D eigenvalue weighted by Crippen LogP contribution is -2.30. The van der Waals surface area contributed by atoms with Crippen molar-refractivity contribution in [3.63, 3.8) is 0 Å². The highest BCUT2D eigenvalue weighted by Crippen LogP contribution is 2.14. The highest BCUT2D eigenvalue weighted by Gasteiger charge is 2.02. The van der Waals surface area contributed by atoms with Crippen LogP contribution in [-0.2, 0) is 11.3 Å². The maximum absolute atomic E-state index is 11.4. The first-order valence-corrected chi connectivity index (χ1v) is 6.89. The summed E-state index contributed by atoms with van der Waals surface area (Å²) in [5.41, 5.74) is 0. The smallest absolute Gasteiger partial charge is 0.221 e. The lowest BCUT2D eigenvalue weighted by molar-refractivity contribution is -0.121. The van der Waals surface area contributed by atoms with Gasteiger partial charge >= 0.3 is 0 Å². The van der Waals surface area contributed by atoms with Crippen LogP contribution in [0, 0.1) is 17.2 Å². The molecule has 1 aromatic heterocycles. The van der Waals surface area contributed by atoms with Crippen molar-refractivity contribution in [2.45, 2.75) is 26.8 Å². The van der Waals surface area contributed by atoms with Crippen LogP contribution >= 0.6 is 11.3 Å². The third kappa shape index (κ3) is 5.80. The second kappa shape index (κ2) is 7.85. The zero-order valence-corrected chi connectivity index (χ0v) is 11.6. The van der Waals surface area contributed by atoms with Gasteiger partial charge in [0.05, 0.1) is 0 Å². The Hall–Kier alpha value is -1.38. The van der Waals surface area contributed by atoms with Crippen molar-refractivity contribution in [1.29, 1.82) is 5.26 Å². The Morgan fingerprint density at radius 3 is 2.89 bits per heavy atom. The number of rotatable bonds is 7. The maximum Gasteiger partial charge on any atom is 0.221 e. The van der Waals surface area contributed by atoms with E-state index in [1.165, 1.54) is 11.3 Å². The molecular formula is C13H19N3OS.